The van der Waals surface area contributed by atoms with Crippen molar-refractivity contribution in [3.05, 3.63) is 34.9 Å². The number of unbranched alkanes of at least 4 members (excludes halogenated alkanes) is 1. The van der Waals surface area contributed by atoms with Crippen molar-refractivity contribution in [3.8, 4) is 0 Å². The fourth-order valence-corrected chi connectivity index (χ4v) is 1.59. The molecule has 0 aliphatic rings. The highest BCUT2D eigenvalue weighted by atomic mass is 16.2. The second kappa shape index (κ2) is 6.28. The predicted octanol–water partition coefficient (Wildman–Crippen LogP) is 2.34. The third-order valence-electron chi connectivity index (χ3n) is 2.34. The largest absolute Gasteiger partial charge is 0.287 e. The van der Waals surface area contributed by atoms with Crippen LogP contribution in [0.4, 0.5) is 0 Å². The number of hydrogen-bond donors (Lipinski definition) is 2. The van der Waals surface area contributed by atoms with Crippen molar-refractivity contribution in [2.24, 2.45) is 0 Å². The minimum atomic E-state index is -0.0668. The van der Waals surface area contributed by atoms with Gasteiger partial charge in [-0.05, 0) is 32.4 Å². The van der Waals surface area contributed by atoms with Crippen molar-refractivity contribution < 1.29 is 4.79 Å². The van der Waals surface area contributed by atoms with E-state index in [1.54, 1.807) is 0 Å². The zero-order valence-corrected chi connectivity index (χ0v) is 10.3. The van der Waals surface area contributed by atoms with Crippen molar-refractivity contribution in [3.63, 3.8) is 0 Å². The minimum absolute atomic E-state index is 0.0668. The van der Waals surface area contributed by atoms with Gasteiger partial charge in [0.1, 0.15) is 0 Å². The van der Waals surface area contributed by atoms with Gasteiger partial charge in [-0.3, -0.25) is 10.2 Å². The number of hydrazine groups is 1. The molecule has 0 bridgehead atoms. The molecule has 1 aromatic rings. The Morgan fingerprint density at radius 2 is 1.81 bits per heavy atom. The van der Waals surface area contributed by atoms with Crippen molar-refractivity contribution in [1.82, 2.24) is 10.9 Å². The lowest BCUT2D eigenvalue weighted by Gasteiger charge is -2.08. The molecule has 1 amide bonds. The Kier molecular flexibility index (Phi) is 4.99. The van der Waals surface area contributed by atoms with E-state index in [4.69, 9.17) is 0 Å². The van der Waals surface area contributed by atoms with Gasteiger partial charge in [-0.2, -0.15) is 0 Å². The van der Waals surface area contributed by atoms with Crippen LogP contribution in [0, 0.1) is 13.8 Å². The molecule has 0 spiro atoms. The average molecular weight is 220 g/mol. The molecule has 3 heteroatoms. The zero-order valence-electron chi connectivity index (χ0n) is 10.3. The van der Waals surface area contributed by atoms with Crippen LogP contribution in [0.5, 0.6) is 0 Å². The summed E-state index contributed by atoms with van der Waals surface area (Å²) < 4.78 is 0. The van der Waals surface area contributed by atoms with Gasteiger partial charge in [0.2, 0.25) is 0 Å². The lowest BCUT2D eigenvalue weighted by Crippen LogP contribution is -2.37. The molecule has 0 saturated carbocycles. The lowest BCUT2D eigenvalue weighted by molar-refractivity contribution is 0.0933. The fourth-order valence-electron chi connectivity index (χ4n) is 1.59. The monoisotopic (exact) mass is 220 g/mol. The molecule has 0 fully saturated rings. The van der Waals surface area contributed by atoms with Crippen LogP contribution in [0.1, 0.15) is 41.3 Å². The van der Waals surface area contributed by atoms with E-state index in [0.29, 0.717) is 5.56 Å². The van der Waals surface area contributed by atoms with E-state index in [1.807, 2.05) is 26.0 Å². The van der Waals surface area contributed by atoms with Crippen LogP contribution in [0.25, 0.3) is 0 Å². The van der Waals surface area contributed by atoms with Crippen LogP contribution in [0.2, 0.25) is 0 Å². The average Bonchev–Trinajstić information content (AvgIpc) is 2.22. The predicted molar refractivity (Wildman–Crippen MR) is 66.3 cm³/mol. The van der Waals surface area contributed by atoms with Crippen molar-refractivity contribution in [2.45, 2.75) is 33.6 Å². The van der Waals surface area contributed by atoms with Gasteiger partial charge in [0.25, 0.3) is 5.91 Å². The second-order valence-electron chi connectivity index (χ2n) is 4.11. The first kappa shape index (κ1) is 12.7. The van der Waals surface area contributed by atoms with E-state index in [1.165, 1.54) is 0 Å². The van der Waals surface area contributed by atoms with Gasteiger partial charge >= 0.3 is 0 Å². The van der Waals surface area contributed by atoms with Gasteiger partial charge in [0, 0.05) is 12.1 Å². The second-order valence-corrected chi connectivity index (χ2v) is 4.11. The molecule has 0 unspecified atom stereocenters. The lowest BCUT2D eigenvalue weighted by atomic mass is 10.1. The van der Waals surface area contributed by atoms with Gasteiger partial charge in [0.05, 0.1) is 0 Å². The number of amides is 1. The van der Waals surface area contributed by atoms with E-state index in [0.717, 1.165) is 30.5 Å². The number of nitrogens with one attached hydrogen (secondary N) is 2. The Labute approximate surface area is 97.2 Å². The SMILES string of the molecule is CCCCNNC(=O)c1cc(C)cc(C)c1. The standard InChI is InChI=1S/C13H20N2O/c1-4-5-6-14-15-13(16)12-8-10(2)7-11(3)9-12/h7-9,14H,4-6H2,1-3H3,(H,15,16). The summed E-state index contributed by atoms with van der Waals surface area (Å²) in [6.07, 6.45) is 2.18. The summed E-state index contributed by atoms with van der Waals surface area (Å²) in [5.41, 5.74) is 8.55. The molecular formula is C13H20N2O. The van der Waals surface area contributed by atoms with E-state index >= 15 is 0 Å². The van der Waals surface area contributed by atoms with Crippen LogP contribution in [-0.2, 0) is 0 Å². The molecular weight excluding hydrogens is 200 g/mol. The Bertz CT molecular complexity index is 341. The van der Waals surface area contributed by atoms with Gasteiger partial charge in [-0.25, -0.2) is 5.43 Å². The quantitative estimate of drug-likeness (QED) is 0.590. The maximum Gasteiger partial charge on any atom is 0.265 e. The van der Waals surface area contributed by atoms with Crippen LogP contribution >= 0.6 is 0 Å². The van der Waals surface area contributed by atoms with Crippen molar-refractivity contribution in [2.75, 3.05) is 6.54 Å². The highest BCUT2D eigenvalue weighted by Crippen LogP contribution is 2.08. The smallest absolute Gasteiger partial charge is 0.265 e. The fraction of sp³-hybridized carbons (Fsp3) is 0.462. The van der Waals surface area contributed by atoms with Gasteiger partial charge in [0.15, 0.2) is 0 Å². The molecule has 0 radical (unpaired) electrons. The molecule has 0 aliphatic heterocycles. The Hall–Kier alpha value is -1.35. The number of rotatable bonds is 5. The van der Waals surface area contributed by atoms with Crippen LogP contribution in [0.15, 0.2) is 18.2 Å². The Balaban J connectivity index is 2.52. The maximum absolute atomic E-state index is 11.7. The van der Waals surface area contributed by atoms with E-state index in [2.05, 4.69) is 23.8 Å². The molecule has 88 valence electrons. The van der Waals surface area contributed by atoms with Crippen molar-refractivity contribution in [1.29, 1.82) is 0 Å². The summed E-state index contributed by atoms with van der Waals surface area (Å²) >= 11 is 0. The van der Waals surface area contributed by atoms with Crippen molar-refractivity contribution >= 4 is 5.91 Å². The summed E-state index contributed by atoms with van der Waals surface area (Å²) in [5, 5.41) is 0. The molecule has 0 heterocycles. The highest BCUT2D eigenvalue weighted by Gasteiger charge is 2.05. The molecule has 0 aromatic heterocycles. The molecule has 2 N–H and O–H groups in total. The molecule has 0 saturated heterocycles. The van der Waals surface area contributed by atoms with Gasteiger partial charge in [-0.15, -0.1) is 0 Å². The number of aryl methyl sites for hydroxylation is 2. The minimum Gasteiger partial charge on any atom is -0.287 e. The highest BCUT2D eigenvalue weighted by molar-refractivity contribution is 5.94. The summed E-state index contributed by atoms with van der Waals surface area (Å²) in [5.74, 6) is -0.0668. The first-order valence-electron chi connectivity index (χ1n) is 5.75. The molecule has 0 atom stereocenters. The zero-order chi connectivity index (χ0) is 12.0. The molecule has 1 aromatic carbocycles. The summed E-state index contributed by atoms with van der Waals surface area (Å²) in [7, 11) is 0. The number of hydrogen-bond acceptors (Lipinski definition) is 2. The van der Waals surface area contributed by atoms with E-state index in [9.17, 15) is 4.79 Å². The first-order chi connectivity index (χ1) is 7.63. The number of benzene rings is 1. The molecule has 3 nitrogen and oxygen atoms in total. The summed E-state index contributed by atoms with van der Waals surface area (Å²) in [6, 6.07) is 5.84. The summed E-state index contributed by atoms with van der Waals surface area (Å²) in [4.78, 5) is 11.7. The van der Waals surface area contributed by atoms with Crippen LogP contribution < -0.4 is 10.9 Å². The summed E-state index contributed by atoms with van der Waals surface area (Å²) in [6.45, 7) is 6.92. The van der Waals surface area contributed by atoms with E-state index in [-0.39, 0.29) is 5.91 Å². The number of carbonyl (C=O) groups excluding carboxylic acids is 1. The van der Waals surface area contributed by atoms with Crippen LogP contribution in [-0.4, -0.2) is 12.5 Å². The van der Waals surface area contributed by atoms with E-state index < -0.39 is 0 Å². The van der Waals surface area contributed by atoms with Crippen LogP contribution in [0.3, 0.4) is 0 Å². The molecule has 1 rings (SSSR count). The third-order valence-corrected chi connectivity index (χ3v) is 2.34. The number of carbonyl (C=O) groups is 1. The third kappa shape index (κ3) is 4.03. The van der Waals surface area contributed by atoms with Gasteiger partial charge < -0.3 is 0 Å². The molecule has 0 aliphatic carbocycles. The normalized spacial score (nSPS) is 10.2. The van der Waals surface area contributed by atoms with Gasteiger partial charge in [-0.1, -0.05) is 30.5 Å². The maximum atomic E-state index is 11.7. The first-order valence-corrected chi connectivity index (χ1v) is 5.75. The Morgan fingerprint density at radius 3 is 2.38 bits per heavy atom. The Morgan fingerprint density at radius 1 is 1.19 bits per heavy atom. The topological polar surface area (TPSA) is 41.1 Å². The molecule has 16 heavy (non-hydrogen) atoms.